The first-order valence-electron chi connectivity index (χ1n) is 7.69. The summed E-state index contributed by atoms with van der Waals surface area (Å²) < 4.78 is 6.03. The molecule has 3 N–H and O–H groups in total. The fourth-order valence-electron chi connectivity index (χ4n) is 2.76. The van der Waals surface area contributed by atoms with Crippen molar-refractivity contribution in [2.24, 2.45) is 0 Å². The Morgan fingerprint density at radius 2 is 1.62 bits per heavy atom. The zero-order valence-corrected chi connectivity index (χ0v) is 12.2. The molecule has 0 radical (unpaired) electrons. The summed E-state index contributed by atoms with van der Waals surface area (Å²) in [5.41, 5.74) is 8.63. The van der Waals surface area contributed by atoms with E-state index in [0.29, 0.717) is 6.10 Å². The molecule has 1 aliphatic carbocycles. The Labute approximate surface area is 126 Å². The van der Waals surface area contributed by atoms with E-state index in [-0.39, 0.29) is 0 Å². The maximum absolute atomic E-state index is 6.03. The van der Waals surface area contributed by atoms with Crippen molar-refractivity contribution in [3.8, 4) is 5.75 Å². The van der Waals surface area contributed by atoms with E-state index in [1.807, 2.05) is 48.5 Å². The van der Waals surface area contributed by atoms with Crippen LogP contribution in [0.4, 0.5) is 17.1 Å². The Morgan fingerprint density at radius 1 is 0.905 bits per heavy atom. The van der Waals surface area contributed by atoms with Gasteiger partial charge in [-0.05, 0) is 62.1 Å². The Balaban J connectivity index is 1.62. The molecule has 3 rings (SSSR count). The number of nitrogen functional groups attached to an aromatic ring is 1. The predicted molar refractivity (Wildman–Crippen MR) is 88.1 cm³/mol. The zero-order valence-electron chi connectivity index (χ0n) is 12.2. The van der Waals surface area contributed by atoms with E-state index < -0.39 is 0 Å². The molecule has 1 saturated carbocycles. The van der Waals surface area contributed by atoms with E-state index in [0.717, 1.165) is 22.8 Å². The molecule has 0 bridgehead atoms. The number of nitrogens with one attached hydrogen (secondary N) is 1. The van der Waals surface area contributed by atoms with Gasteiger partial charge >= 0.3 is 0 Å². The first-order chi connectivity index (χ1) is 10.3. The van der Waals surface area contributed by atoms with Crippen LogP contribution >= 0.6 is 0 Å². The molecule has 0 spiro atoms. The highest BCUT2D eigenvalue weighted by atomic mass is 16.5. The third kappa shape index (κ3) is 3.69. The average molecular weight is 282 g/mol. The molecule has 0 aliphatic heterocycles. The third-order valence-electron chi connectivity index (χ3n) is 3.95. The van der Waals surface area contributed by atoms with E-state index in [1.54, 1.807) is 0 Å². The lowest BCUT2D eigenvalue weighted by Gasteiger charge is -2.23. The maximum Gasteiger partial charge on any atom is 0.119 e. The average Bonchev–Trinajstić information content (AvgIpc) is 2.52. The van der Waals surface area contributed by atoms with Gasteiger partial charge in [-0.1, -0.05) is 18.6 Å². The van der Waals surface area contributed by atoms with Gasteiger partial charge in [0, 0.05) is 5.69 Å². The van der Waals surface area contributed by atoms with Crippen molar-refractivity contribution in [3.63, 3.8) is 0 Å². The molecule has 2 aromatic rings. The lowest BCUT2D eigenvalue weighted by Crippen LogP contribution is -2.19. The standard InChI is InChI=1S/C18H22N2O/c19-17-8-4-5-9-18(17)20-14-10-12-16(13-11-14)21-15-6-2-1-3-7-15/h4-5,8-13,15,20H,1-3,6-7,19H2. The summed E-state index contributed by atoms with van der Waals surface area (Å²) >= 11 is 0. The molecule has 3 nitrogen and oxygen atoms in total. The molecule has 0 unspecified atom stereocenters. The van der Waals surface area contributed by atoms with Crippen molar-refractivity contribution in [1.82, 2.24) is 0 Å². The number of rotatable bonds is 4. The van der Waals surface area contributed by atoms with Gasteiger partial charge in [-0.15, -0.1) is 0 Å². The van der Waals surface area contributed by atoms with E-state index in [9.17, 15) is 0 Å². The van der Waals surface area contributed by atoms with Crippen molar-refractivity contribution in [1.29, 1.82) is 0 Å². The summed E-state index contributed by atoms with van der Waals surface area (Å²) in [6.07, 6.45) is 6.68. The van der Waals surface area contributed by atoms with E-state index in [4.69, 9.17) is 10.5 Å². The van der Waals surface area contributed by atoms with E-state index >= 15 is 0 Å². The molecule has 1 aliphatic rings. The minimum atomic E-state index is 0.391. The lowest BCUT2D eigenvalue weighted by molar-refractivity contribution is 0.155. The number of hydrogen-bond donors (Lipinski definition) is 2. The number of benzene rings is 2. The molecule has 1 fully saturated rings. The molecule has 3 heteroatoms. The van der Waals surface area contributed by atoms with Crippen LogP contribution in [0.1, 0.15) is 32.1 Å². The summed E-state index contributed by atoms with van der Waals surface area (Å²) in [6.45, 7) is 0. The van der Waals surface area contributed by atoms with Crippen LogP contribution in [0.2, 0.25) is 0 Å². The Morgan fingerprint density at radius 3 is 2.33 bits per heavy atom. The summed E-state index contributed by atoms with van der Waals surface area (Å²) in [7, 11) is 0. The SMILES string of the molecule is Nc1ccccc1Nc1ccc(OC2CCCCC2)cc1. The minimum absolute atomic E-state index is 0.391. The molecule has 0 atom stereocenters. The molecule has 0 amide bonds. The minimum Gasteiger partial charge on any atom is -0.490 e. The number of hydrogen-bond acceptors (Lipinski definition) is 3. The first-order valence-corrected chi connectivity index (χ1v) is 7.69. The van der Waals surface area contributed by atoms with Crippen molar-refractivity contribution in [2.75, 3.05) is 11.1 Å². The van der Waals surface area contributed by atoms with Crippen LogP contribution in [0.5, 0.6) is 5.75 Å². The van der Waals surface area contributed by atoms with Crippen molar-refractivity contribution in [3.05, 3.63) is 48.5 Å². The fourth-order valence-corrected chi connectivity index (χ4v) is 2.76. The smallest absolute Gasteiger partial charge is 0.119 e. The third-order valence-corrected chi connectivity index (χ3v) is 3.95. The van der Waals surface area contributed by atoms with Crippen LogP contribution < -0.4 is 15.8 Å². The fraction of sp³-hybridized carbons (Fsp3) is 0.333. The molecular formula is C18H22N2O. The van der Waals surface area contributed by atoms with Crippen molar-refractivity contribution < 1.29 is 4.74 Å². The molecule has 0 aromatic heterocycles. The van der Waals surface area contributed by atoms with Crippen LogP contribution in [0.25, 0.3) is 0 Å². The Bertz CT molecular complexity index is 574. The highest BCUT2D eigenvalue weighted by Crippen LogP contribution is 2.26. The van der Waals surface area contributed by atoms with Crippen molar-refractivity contribution in [2.45, 2.75) is 38.2 Å². The van der Waals surface area contributed by atoms with Gasteiger partial charge in [-0.25, -0.2) is 0 Å². The van der Waals surface area contributed by atoms with Gasteiger partial charge in [-0.3, -0.25) is 0 Å². The normalized spacial score (nSPS) is 15.6. The summed E-state index contributed by atoms with van der Waals surface area (Å²) in [6, 6.07) is 15.9. The van der Waals surface area contributed by atoms with Gasteiger partial charge in [0.2, 0.25) is 0 Å². The van der Waals surface area contributed by atoms with Crippen LogP contribution in [-0.2, 0) is 0 Å². The largest absolute Gasteiger partial charge is 0.490 e. The number of para-hydroxylation sites is 2. The van der Waals surface area contributed by atoms with Crippen LogP contribution in [0, 0.1) is 0 Å². The summed E-state index contributed by atoms with van der Waals surface area (Å²) in [5.74, 6) is 0.952. The number of ether oxygens (including phenoxy) is 1. The van der Waals surface area contributed by atoms with Gasteiger partial charge in [0.15, 0.2) is 0 Å². The molecule has 2 aromatic carbocycles. The summed E-state index contributed by atoms with van der Waals surface area (Å²) in [4.78, 5) is 0. The highest BCUT2D eigenvalue weighted by molar-refractivity contribution is 5.72. The van der Waals surface area contributed by atoms with E-state index in [1.165, 1.54) is 32.1 Å². The molecule has 0 heterocycles. The van der Waals surface area contributed by atoms with Crippen LogP contribution in [0.15, 0.2) is 48.5 Å². The predicted octanol–water partition coefficient (Wildman–Crippen LogP) is 4.72. The topological polar surface area (TPSA) is 47.3 Å². The van der Waals surface area contributed by atoms with Gasteiger partial charge < -0.3 is 15.8 Å². The van der Waals surface area contributed by atoms with Crippen molar-refractivity contribution >= 4 is 17.1 Å². The lowest BCUT2D eigenvalue weighted by atomic mass is 9.98. The number of anilines is 3. The number of nitrogens with two attached hydrogens (primary N) is 1. The molecule has 110 valence electrons. The van der Waals surface area contributed by atoms with Gasteiger partial charge in [-0.2, -0.15) is 0 Å². The second-order valence-electron chi connectivity index (χ2n) is 5.61. The molecular weight excluding hydrogens is 260 g/mol. The first kappa shape index (κ1) is 13.8. The van der Waals surface area contributed by atoms with Gasteiger partial charge in [0.25, 0.3) is 0 Å². The monoisotopic (exact) mass is 282 g/mol. The van der Waals surface area contributed by atoms with Gasteiger partial charge in [0.1, 0.15) is 5.75 Å². The Hall–Kier alpha value is -2.16. The zero-order chi connectivity index (χ0) is 14.5. The second kappa shape index (κ2) is 6.53. The Kier molecular flexibility index (Phi) is 4.29. The van der Waals surface area contributed by atoms with Crippen LogP contribution in [0.3, 0.4) is 0 Å². The maximum atomic E-state index is 6.03. The molecule has 21 heavy (non-hydrogen) atoms. The quantitative estimate of drug-likeness (QED) is 0.797. The molecule has 0 saturated heterocycles. The highest BCUT2D eigenvalue weighted by Gasteiger charge is 2.14. The van der Waals surface area contributed by atoms with Gasteiger partial charge in [0.05, 0.1) is 17.5 Å². The van der Waals surface area contributed by atoms with Crippen LogP contribution in [-0.4, -0.2) is 6.10 Å². The second-order valence-corrected chi connectivity index (χ2v) is 5.61. The summed E-state index contributed by atoms with van der Waals surface area (Å²) in [5, 5.41) is 3.32. The van der Waals surface area contributed by atoms with E-state index in [2.05, 4.69) is 5.32 Å².